The Morgan fingerprint density at radius 1 is 1.30 bits per heavy atom. The smallest absolute Gasteiger partial charge is 0.123 e. The normalized spacial score (nSPS) is 14.2. The average Bonchev–Trinajstić information content (AvgIpc) is 2.83. The summed E-state index contributed by atoms with van der Waals surface area (Å²) in [6.45, 7) is 6.39. The van der Waals surface area contributed by atoms with Gasteiger partial charge < -0.3 is 5.32 Å². The number of thiazole rings is 1. The van der Waals surface area contributed by atoms with E-state index in [2.05, 4.69) is 26.1 Å². The maximum Gasteiger partial charge on any atom is 0.123 e. The Morgan fingerprint density at radius 2 is 1.95 bits per heavy atom. The van der Waals surface area contributed by atoms with E-state index in [0.717, 1.165) is 23.4 Å². The molecule has 0 saturated carbocycles. The van der Waals surface area contributed by atoms with Crippen LogP contribution in [0.4, 0.5) is 4.39 Å². The third kappa shape index (κ3) is 3.07. The van der Waals surface area contributed by atoms with Gasteiger partial charge in [-0.3, -0.25) is 0 Å². The van der Waals surface area contributed by atoms with Crippen LogP contribution in [0, 0.1) is 12.7 Å². The predicted octanol–water partition coefficient (Wildman–Crippen LogP) is 3.83. The van der Waals surface area contributed by atoms with Crippen LogP contribution in [-0.2, 0) is 18.4 Å². The predicted molar refractivity (Wildman–Crippen MR) is 82.7 cm³/mol. The van der Waals surface area contributed by atoms with E-state index < -0.39 is 0 Å². The number of nitrogens with zero attached hydrogens (tertiary/aromatic N) is 1. The molecular weight excluding hydrogens is 271 g/mol. The molecule has 0 amide bonds. The number of hydrogen-bond acceptors (Lipinski definition) is 3. The number of aromatic nitrogens is 1. The summed E-state index contributed by atoms with van der Waals surface area (Å²) < 4.78 is 13.0. The van der Waals surface area contributed by atoms with Gasteiger partial charge in [-0.25, -0.2) is 9.37 Å². The minimum Gasteiger partial charge on any atom is -0.308 e. The fourth-order valence-electron chi connectivity index (χ4n) is 2.27. The SMILES string of the molecule is CCc1nc(C(C)(Cc2ccc(F)cc2)NC)sc1C. The van der Waals surface area contributed by atoms with Crippen LogP contribution in [0.25, 0.3) is 0 Å². The summed E-state index contributed by atoms with van der Waals surface area (Å²) in [5.74, 6) is -0.196. The van der Waals surface area contributed by atoms with Crippen LogP contribution < -0.4 is 5.32 Å². The summed E-state index contributed by atoms with van der Waals surface area (Å²) in [6.07, 6.45) is 1.75. The highest BCUT2D eigenvalue weighted by molar-refractivity contribution is 7.11. The second kappa shape index (κ2) is 6.02. The number of rotatable bonds is 5. The molecule has 108 valence electrons. The molecule has 1 aromatic heterocycles. The number of aryl methyl sites for hydroxylation is 2. The minimum atomic E-state index is -0.222. The highest BCUT2D eigenvalue weighted by Crippen LogP contribution is 2.30. The Bertz CT molecular complexity index is 577. The zero-order valence-electron chi connectivity index (χ0n) is 12.5. The standard InChI is InChI=1S/C16H21FN2S/c1-5-14-11(2)20-15(19-14)16(3,18-4)10-12-6-8-13(17)9-7-12/h6-9,18H,5,10H2,1-4H3. The Labute approximate surface area is 124 Å². The van der Waals surface area contributed by atoms with Crippen LogP contribution in [0.3, 0.4) is 0 Å². The molecule has 1 atom stereocenters. The molecule has 0 saturated heterocycles. The van der Waals surface area contributed by atoms with Gasteiger partial charge in [0.25, 0.3) is 0 Å². The summed E-state index contributed by atoms with van der Waals surface area (Å²) in [4.78, 5) is 6.05. The monoisotopic (exact) mass is 292 g/mol. The molecule has 2 aromatic rings. The average molecular weight is 292 g/mol. The van der Waals surface area contributed by atoms with Gasteiger partial charge >= 0.3 is 0 Å². The first-order chi connectivity index (χ1) is 9.48. The molecule has 20 heavy (non-hydrogen) atoms. The first-order valence-corrected chi connectivity index (χ1v) is 7.70. The quantitative estimate of drug-likeness (QED) is 0.906. The van der Waals surface area contributed by atoms with Gasteiger partial charge in [0.2, 0.25) is 0 Å². The van der Waals surface area contributed by atoms with Gasteiger partial charge in [-0.2, -0.15) is 0 Å². The summed E-state index contributed by atoms with van der Waals surface area (Å²) in [5.41, 5.74) is 2.06. The number of nitrogens with one attached hydrogen (secondary N) is 1. The van der Waals surface area contributed by atoms with Crippen molar-refractivity contribution in [3.63, 3.8) is 0 Å². The maximum atomic E-state index is 13.0. The largest absolute Gasteiger partial charge is 0.308 e. The van der Waals surface area contributed by atoms with Gasteiger partial charge in [0, 0.05) is 4.88 Å². The van der Waals surface area contributed by atoms with Crippen LogP contribution >= 0.6 is 11.3 Å². The lowest BCUT2D eigenvalue weighted by Crippen LogP contribution is -2.39. The first-order valence-electron chi connectivity index (χ1n) is 6.88. The van der Waals surface area contributed by atoms with Crippen LogP contribution in [0.5, 0.6) is 0 Å². The van der Waals surface area contributed by atoms with E-state index in [0.29, 0.717) is 0 Å². The van der Waals surface area contributed by atoms with Crippen LogP contribution in [-0.4, -0.2) is 12.0 Å². The molecule has 0 radical (unpaired) electrons. The van der Waals surface area contributed by atoms with Crippen LogP contribution in [0.2, 0.25) is 0 Å². The fraction of sp³-hybridized carbons (Fsp3) is 0.438. The van der Waals surface area contributed by atoms with Crippen molar-refractivity contribution in [2.45, 2.75) is 39.2 Å². The number of benzene rings is 1. The molecule has 1 N–H and O–H groups in total. The Hall–Kier alpha value is -1.26. The van der Waals surface area contributed by atoms with Gasteiger partial charge in [-0.15, -0.1) is 11.3 Å². The molecular formula is C16H21FN2S. The molecule has 1 heterocycles. The van der Waals surface area contributed by atoms with E-state index in [1.807, 2.05) is 19.2 Å². The Balaban J connectivity index is 2.30. The summed E-state index contributed by atoms with van der Waals surface area (Å²) in [5, 5.41) is 4.47. The third-order valence-electron chi connectivity index (χ3n) is 3.72. The van der Waals surface area contributed by atoms with Crippen molar-refractivity contribution >= 4 is 11.3 Å². The van der Waals surface area contributed by atoms with Gasteiger partial charge in [0.1, 0.15) is 10.8 Å². The lowest BCUT2D eigenvalue weighted by atomic mass is 9.93. The van der Waals surface area contributed by atoms with Crippen molar-refractivity contribution in [2.75, 3.05) is 7.05 Å². The fourth-order valence-corrected chi connectivity index (χ4v) is 3.43. The summed E-state index contributed by atoms with van der Waals surface area (Å²) >= 11 is 1.75. The van der Waals surface area contributed by atoms with E-state index in [-0.39, 0.29) is 11.4 Å². The lowest BCUT2D eigenvalue weighted by Gasteiger charge is -2.27. The molecule has 1 aromatic carbocycles. The van der Waals surface area contributed by atoms with Gasteiger partial charge in [0.15, 0.2) is 0 Å². The zero-order valence-corrected chi connectivity index (χ0v) is 13.3. The first kappa shape index (κ1) is 15.1. The molecule has 0 fully saturated rings. The van der Waals surface area contributed by atoms with Crippen molar-refractivity contribution < 1.29 is 4.39 Å². The van der Waals surface area contributed by atoms with Crippen molar-refractivity contribution in [3.05, 3.63) is 51.2 Å². The topological polar surface area (TPSA) is 24.9 Å². The highest BCUT2D eigenvalue weighted by atomic mass is 32.1. The highest BCUT2D eigenvalue weighted by Gasteiger charge is 2.29. The Kier molecular flexibility index (Phi) is 4.55. The molecule has 2 nitrogen and oxygen atoms in total. The minimum absolute atomic E-state index is 0.196. The third-order valence-corrected chi connectivity index (χ3v) is 5.00. The van der Waals surface area contributed by atoms with Gasteiger partial charge in [0.05, 0.1) is 11.2 Å². The molecule has 0 spiro atoms. The van der Waals surface area contributed by atoms with Gasteiger partial charge in [-0.1, -0.05) is 19.1 Å². The molecule has 0 bridgehead atoms. The number of likely N-dealkylation sites (N-methyl/N-ethyl adjacent to an activating group) is 1. The second-order valence-corrected chi connectivity index (χ2v) is 6.46. The second-order valence-electron chi connectivity index (χ2n) is 5.26. The van der Waals surface area contributed by atoms with E-state index >= 15 is 0 Å². The van der Waals surface area contributed by atoms with Crippen molar-refractivity contribution in [2.24, 2.45) is 0 Å². The lowest BCUT2D eigenvalue weighted by molar-refractivity contribution is 0.394. The Morgan fingerprint density at radius 3 is 2.45 bits per heavy atom. The molecule has 4 heteroatoms. The zero-order chi connectivity index (χ0) is 14.8. The maximum absolute atomic E-state index is 13.0. The van der Waals surface area contributed by atoms with E-state index in [9.17, 15) is 4.39 Å². The number of hydrogen-bond donors (Lipinski definition) is 1. The summed E-state index contributed by atoms with van der Waals surface area (Å²) in [6, 6.07) is 6.70. The summed E-state index contributed by atoms with van der Waals surface area (Å²) in [7, 11) is 1.95. The van der Waals surface area contributed by atoms with Crippen molar-refractivity contribution in [3.8, 4) is 0 Å². The van der Waals surface area contributed by atoms with Crippen molar-refractivity contribution in [1.29, 1.82) is 0 Å². The van der Waals surface area contributed by atoms with E-state index in [1.165, 1.54) is 22.7 Å². The van der Waals surface area contributed by atoms with Crippen LogP contribution in [0.15, 0.2) is 24.3 Å². The molecule has 0 aliphatic rings. The molecule has 0 aliphatic heterocycles. The van der Waals surface area contributed by atoms with Crippen LogP contribution in [0.1, 0.15) is 35.0 Å². The molecule has 1 unspecified atom stereocenters. The number of halogens is 1. The van der Waals surface area contributed by atoms with Gasteiger partial charge in [-0.05, 0) is 51.4 Å². The van der Waals surface area contributed by atoms with E-state index in [1.54, 1.807) is 11.3 Å². The van der Waals surface area contributed by atoms with Crippen molar-refractivity contribution in [1.82, 2.24) is 10.3 Å². The van der Waals surface area contributed by atoms with E-state index in [4.69, 9.17) is 4.98 Å². The molecule has 2 rings (SSSR count). The molecule has 0 aliphatic carbocycles.